The Labute approximate surface area is 83.9 Å². The van der Waals surface area contributed by atoms with Crippen LogP contribution in [0.1, 0.15) is 10.4 Å². The molecule has 0 saturated heterocycles. The van der Waals surface area contributed by atoms with Gasteiger partial charge in [0.1, 0.15) is 5.97 Å². The Morgan fingerprint density at radius 3 is 2.53 bits per heavy atom. The van der Waals surface area contributed by atoms with Gasteiger partial charge < -0.3 is 21.0 Å². The molecule has 0 bridgehead atoms. The van der Waals surface area contributed by atoms with E-state index in [1.54, 1.807) is 0 Å². The molecule has 7 heteroatoms. The molecule has 15 heavy (non-hydrogen) atoms. The normalized spacial score (nSPS) is 9.33. The first-order valence-electron chi connectivity index (χ1n) is 3.78. The standard InChI is InChI=1S/C8H7N3O4/c9-6(12)4-1-5(3-10-2-4)11-7(13)8(14)15/h1-3H,(H2,9,12)(H,11,13)(H,14,15)/p-1. The van der Waals surface area contributed by atoms with E-state index >= 15 is 0 Å². The summed E-state index contributed by atoms with van der Waals surface area (Å²) in [4.78, 5) is 35.1. The van der Waals surface area contributed by atoms with E-state index in [1.165, 1.54) is 18.5 Å². The summed E-state index contributed by atoms with van der Waals surface area (Å²) in [6.45, 7) is 0. The van der Waals surface area contributed by atoms with Gasteiger partial charge >= 0.3 is 0 Å². The lowest BCUT2D eigenvalue weighted by Gasteiger charge is -2.05. The molecule has 0 unspecified atom stereocenters. The molecule has 0 saturated carbocycles. The first-order valence-corrected chi connectivity index (χ1v) is 3.78. The zero-order chi connectivity index (χ0) is 11.4. The number of nitrogens with zero attached hydrogens (tertiary/aromatic N) is 1. The number of anilines is 1. The maximum atomic E-state index is 10.7. The maximum Gasteiger partial charge on any atom is 0.271 e. The van der Waals surface area contributed by atoms with Gasteiger partial charge in [0.2, 0.25) is 5.91 Å². The summed E-state index contributed by atoms with van der Waals surface area (Å²) in [6.07, 6.45) is 2.37. The van der Waals surface area contributed by atoms with Gasteiger partial charge in [-0.05, 0) is 6.07 Å². The van der Waals surface area contributed by atoms with Crippen molar-refractivity contribution in [3.05, 3.63) is 24.0 Å². The van der Waals surface area contributed by atoms with Crippen molar-refractivity contribution < 1.29 is 19.5 Å². The Balaban J connectivity index is 2.87. The zero-order valence-electron chi connectivity index (χ0n) is 7.39. The van der Waals surface area contributed by atoms with Crippen LogP contribution in [0, 0.1) is 0 Å². The number of amides is 2. The molecule has 0 aromatic carbocycles. The van der Waals surface area contributed by atoms with Crippen LogP contribution in [0.15, 0.2) is 18.5 Å². The van der Waals surface area contributed by atoms with Crippen LogP contribution in [0.2, 0.25) is 0 Å². The fourth-order valence-electron chi connectivity index (χ4n) is 0.825. The van der Waals surface area contributed by atoms with Gasteiger partial charge in [0.25, 0.3) is 5.91 Å². The molecule has 0 aliphatic heterocycles. The average Bonchev–Trinajstić information content (AvgIpc) is 2.18. The number of carbonyl (C=O) groups is 3. The number of hydrogen-bond acceptors (Lipinski definition) is 5. The minimum atomic E-state index is -1.88. The van der Waals surface area contributed by atoms with E-state index in [0.29, 0.717) is 0 Å². The Bertz CT molecular complexity index is 430. The van der Waals surface area contributed by atoms with Gasteiger partial charge in [-0.15, -0.1) is 0 Å². The van der Waals surface area contributed by atoms with Crippen LogP contribution >= 0.6 is 0 Å². The molecule has 1 aromatic rings. The number of nitrogens with one attached hydrogen (secondary N) is 1. The highest BCUT2D eigenvalue weighted by Crippen LogP contribution is 2.07. The van der Waals surface area contributed by atoms with Crippen molar-refractivity contribution in [1.29, 1.82) is 0 Å². The highest BCUT2D eigenvalue weighted by atomic mass is 16.4. The van der Waals surface area contributed by atoms with Crippen LogP contribution in [0.25, 0.3) is 0 Å². The fourth-order valence-corrected chi connectivity index (χ4v) is 0.825. The average molecular weight is 208 g/mol. The van der Waals surface area contributed by atoms with E-state index in [2.05, 4.69) is 4.98 Å². The van der Waals surface area contributed by atoms with Crippen LogP contribution in [0.5, 0.6) is 0 Å². The number of primary amides is 1. The SMILES string of the molecule is NC(=O)c1cncc(NC(=O)C(=O)[O-])c1. The molecule has 0 fully saturated rings. The van der Waals surface area contributed by atoms with Gasteiger partial charge in [0.15, 0.2) is 0 Å². The van der Waals surface area contributed by atoms with Gasteiger partial charge in [0.05, 0.1) is 17.4 Å². The highest BCUT2D eigenvalue weighted by Gasteiger charge is 2.05. The van der Waals surface area contributed by atoms with E-state index < -0.39 is 17.8 Å². The molecule has 1 rings (SSSR count). The van der Waals surface area contributed by atoms with E-state index in [4.69, 9.17) is 5.73 Å². The zero-order valence-corrected chi connectivity index (χ0v) is 7.39. The number of carbonyl (C=O) groups excluding carboxylic acids is 3. The van der Waals surface area contributed by atoms with Gasteiger partial charge in [0, 0.05) is 6.20 Å². The number of carboxylic acids is 1. The second-order valence-corrected chi connectivity index (χ2v) is 2.57. The molecule has 0 aliphatic carbocycles. The molecule has 1 heterocycles. The summed E-state index contributed by atoms with van der Waals surface area (Å²) in [6, 6.07) is 1.20. The third-order valence-corrected chi connectivity index (χ3v) is 1.47. The fraction of sp³-hybridized carbons (Fsp3) is 0. The predicted molar refractivity (Wildman–Crippen MR) is 46.4 cm³/mol. The number of nitrogens with two attached hydrogens (primary N) is 1. The summed E-state index contributed by atoms with van der Waals surface area (Å²) >= 11 is 0. The van der Waals surface area contributed by atoms with E-state index in [9.17, 15) is 19.5 Å². The smallest absolute Gasteiger partial charge is 0.271 e. The molecule has 1 aromatic heterocycles. The number of pyridine rings is 1. The number of aliphatic carboxylic acids is 1. The van der Waals surface area contributed by atoms with E-state index in [-0.39, 0.29) is 11.3 Å². The lowest BCUT2D eigenvalue weighted by molar-refractivity contribution is -0.299. The van der Waals surface area contributed by atoms with Crippen LogP contribution in [0.4, 0.5) is 5.69 Å². The molecule has 0 spiro atoms. The summed E-state index contributed by atoms with van der Waals surface area (Å²) < 4.78 is 0. The third kappa shape index (κ3) is 2.76. The third-order valence-electron chi connectivity index (χ3n) is 1.47. The Morgan fingerprint density at radius 2 is 2.00 bits per heavy atom. The monoisotopic (exact) mass is 208 g/mol. The van der Waals surface area contributed by atoms with Gasteiger partial charge in [-0.1, -0.05) is 0 Å². The Hall–Kier alpha value is -2.44. The first-order chi connectivity index (χ1) is 7.00. The van der Waals surface area contributed by atoms with Crippen molar-refractivity contribution in [2.45, 2.75) is 0 Å². The molecule has 0 atom stereocenters. The number of aromatic nitrogens is 1. The van der Waals surface area contributed by atoms with Crippen LogP contribution < -0.4 is 16.2 Å². The number of carboxylic acid groups (broad SMARTS) is 1. The van der Waals surface area contributed by atoms with Gasteiger partial charge in [-0.2, -0.15) is 0 Å². The van der Waals surface area contributed by atoms with E-state index in [0.717, 1.165) is 0 Å². The van der Waals surface area contributed by atoms with Crippen molar-refractivity contribution >= 4 is 23.5 Å². The summed E-state index contributed by atoms with van der Waals surface area (Å²) in [5, 5.41) is 12.1. The summed E-state index contributed by atoms with van der Waals surface area (Å²) in [5.74, 6) is -3.93. The van der Waals surface area contributed by atoms with Crippen LogP contribution in [-0.2, 0) is 9.59 Å². The summed E-state index contributed by atoms with van der Waals surface area (Å²) in [7, 11) is 0. The molecule has 0 radical (unpaired) electrons. The second-order valence-electron chi connectivity index (χ2n) is 2.57. The number of rotatable bonds is 2. The molecule has 7 nitrogen and oxygen atoms in total. The largest absolute Gasteiger partial charge is 0.540 e. The first kappa shape index (κ1) is 10.6. The van der Waals surface area contributed by atoms with Crippen molar-refractivity contribution in [3.8, 4) is 0 Å². The van der Waals surface area contributed by atoms with Crippen molar-refractivity contribution in [1.82, 2.24) is 4.98 Å². The lowest BCUT2D eigenvalue weighted by atomic mass is 10.2. The quantitative estimate of drug-likeness (QED) is 0.537. The molecule has 2 amide bonds. The highest BCUT2D eigenvalue weighted by molar-refractivity contribution is 6.35. The second kappa shape index (κ2) is 4.18. The van der Waals surface area contributed by atoms with Crippen LogP contribution in [0.3, 0.4) is 0 Å². The van der Waals surface area contributed by atoms with Gasteiger partial charge in [-0.3, -0.25) is 14.6 Å². The van der Waals surface area contributed by atoms with Crippen molar-refractivity contribution in [3.63, 3.8) is 0 Å². The van der Waals surface area contributed by atoms with Gasteiger partial charge in [-0.25, -0.2) is 0 Å². The van der Waals surface area contributed by atoms with Crippen molar-refractivity contribution in [2.75, 3.05) is 5.32 Å². The maximum absolute atomic E-state index is 10.7. The molecule has 78 valence electrons. The topological polar surface area (TPSA) is 125 Å². The Kier molecular flexibility index (Phi) is 2.97. The lowest BCUT2D eigenvalue weighted by Crippen LogP contribution is -2.36. The number of hydrogen-bond donors (Lipinski definition) is 2. The molecular formula is C8H6N3O4-. The molecule has 0 aliphatic rings. The minimum absolute atomic E-state index is 0.0560. The van der Waals surface area contributed by atoms with Crippen LogP contribution in [-0.4, -0.2) is 22.8 Å². The van der Waals surface area contributed by atoms with Crippen molar-refractivity contribution in [2.24, 2.45) is 5.73 Å². The Morgan fingerprint density at radius 1 is 1.33 bits per heavy atom. The molecular weight excluding hydrogens is 202 g/mol. The summed E-state index contributed by atoms with van der Waals surface area (Å²) in [5.41, 5.74) is 5.07. The predicted octanol–water partition coefficient (Wildman–Crippen LogP) is -2.13. The molecule has 3 N–H and O–H groups in total. The van der Waals surface area contributed by atoms with E-state index in [1.807, 2.05) is 5.32 Å². The minimum Gasteiger partial charge on any atom is -0.540 e.